The van der Waals surface area contributed by atoms with Crippen molar-refractivity contribution in [2.24, 2.45) is 11.8 Å². The molecule has 1 spiro atoms. The van der Waals surface area contributed by atoms with Crippen molar-refractivity contribution in [1.29, 1.82) is 0 Å². The lowest BCUT2D eigenvalue weighted by molar-refractivity contribution is -0.145. The van der Waals surface area contributed by atoms with Gasteiger partial charge in [0.1, 0.15) is 5.54 Å². The molecule has 0 saturated carbocycles. The minimum absolute atomic E-state index is 0.0983. The molecule has 2 aromatic carbocycles. The van der Waals surface area contributed by atoms with Gasteiger partial charge in [-0.05, 0) is 49.6 Å². The van der Waals surface area contributed by atoms with Crippen LogP contribution in [0.5, 0.6) is 0 Å². The lowest BCUT2D eigenvalue weighted by Gasteiger charge is -2.36. The number of fused-ring (bicyclic) bond motifs is 7. The van der Waals surface area contributed by atoms with Crippen LogP contribution in [0.15, 0.2) is 48.5 Å². The number of halogens is 1. The molecule has 0 radical (unpaired) electrons. The lowest BCUT2D eigenvalue weighted by Crippen LogP contribution is -2.54. The van der Waals surface area contributed by atoms with Crippen molar-refractivity contribution in [2.75, 3.05) is 18.4 Å². The van der Waals surface area contributed by atoms with E-state index in [9.17, 15) is 14.4 Å². The standard InChI is InChI=1S/C24H22ClN3O3/c25-15-8-9-17-16(13-15)24(23(31)26-17)20-19(18-7-4-11-28(18)24)21(29)27(22(20)30)12-10-14-5-2-1-3-6-14/h1-3,5-6,8-9,13,18-20H,4,7,10-12H2,(H,26,31). The molecule has 6 nitrogen and oxygen atoms in total. The van der Waals surface area contributed by atoms with Crippen molar-refractivity contribution in [3.8, 4) is 0 Å². The molecule has 4 aliphatic heterocycles. The Morgan fingerprint density at radius 1 is 1.06 bits per heavy atom. The summed E-state index contributed by atoms with van der Waals surface area (Å²) in [5.74, 6) is -1.77. The Labute approximate surface area is 185 Å². The quantitative estimate of drug-likeness (QED) is 0.753. The maximum Gasteiger partial charge on any atom is 0.250 e. The highest BCUT2D eigenvalue weighted by atomic mass is 35.5. The van der Waals surface area contributed by atoms with E-state index in [1.165, 1.54) is 4.90 Å². The number of anilines is 1. The van der Waals surface area contributed by atoms with Crippen LogP contribution in [0.3, 0.4) is 0 Å². The van der Waals surface area contributed by atoms with Crippen LogP contribution >= 0.6 is 11.6 Å². The fraction of sp³-hybridized carbons (Fsp3) is 0.375. The van der Waals surface area contributed by atoms with Crippen LogP contribution < -0.4 is 5.32 Å². The van der Waals surface area contributed by atoms with E-state index in [4.69, 9.17) is 11.6 Å². The molecule has 3 saturated heterocycles. The molecular weight excluding hydrogens is 414 g/mol. The first-order valence-corrected chi connectivity index (χ1v) is 11.2. The van der Waals surface area contributed by atoms with Crippen LogP contribution in [0.2, 0.25) is 5.02 Å². The van der Waals surface area contributed by atoms with Gasteiger partial charge in [-0.1, -0.05) is 41.9 Å². The molecule has 0 aromatic heterocycles. The second-order valence-electron chi connectivity index (χ2n) is 8.88. The van der Waals surface area contributed by atoms with Crippen LogP contribution in [0, 0.1) is 11.8 Å². The Morgan fingerprint density at radius 2 is 1.87 bits per heavy atom. The molecule has 158 valence electrons. The van der Waals surface area contributed by atoms with E-state index in [-0.39, 0.29) is 23.8 Å². The summed E-state index contributed by atoms with van der Waals surface area (Å²) in [6.45, 7) is 1.03. The van der Waals surface area contributed by atoms with Gasteiger partial charge in [0.2, 0.25) is 17.7 Å². The Hall–Kier alpha value is -2.70. The fourth-order valence-electron chi connectivity index (χ4n) is 6.34. The van der Waals surface area contributed by atoms with E-state index in [0.717, 1.165) is 24.0 Å². The van der Waals surface area contributed by atoms with Gasteiger partial charge in [0.15, 0.2) is 0 Å². The average molecular weight is 436 g/mol. The molecule has 2 aromatic rings. The molecule has 0 aliphatic carbocycles. The highest BCUT2D eigenvalue weighted by Crippen LogP contribution is 2.60. The summed E-state index contributed by atoms with van der Waals surface area (Å²) in [5, 5.41) is 3.49. The number of benzene rings is 2. The molecule has 1 N–H and O–H groups in total. The maximum atomic E-state index is 13.7. The number of carbonyl (C=O) groups excluding carboxylic acids is 3. The van der Waals surface area contributed by atoms with Crippen molar-refractivity contribution >= 4 is 35.0 Å². The van der Waals surface area contributed by atoms with Gasteiger partial charge in [0.25, 0.3) is 0 Å². The summed E-state index contributed by atoms with van der Waals surface area (Å²) in [6.07, 6.45) is 2.33. The van der Waals surface area contributed by atoms with Gasteiger partial charge in [-0.3, -0.25) is 24.2 Å². The molecule has 31 heavy (non-hydrogen) atoms. The molecule has 4 aliphatic rings. The summed E-state index contributed by atoms with van der Waals surface area (Å²) < 4.78 is 0. The van der Waals surface area contributed by atoms with Crippen LogP contribution in [0.25, 0.3) is 0 Å². The number of imide groups is 1. The van der Waals surface area contributed by atoms with Gasteiger partial charge in [0.05, 0.1) is 11.8 Å². The third-order valence-corrected chi connectivity index (χ3v) is 7.75. The van der Waals surface area contributed by atoms with E-state index in [1.807, 2.05) is 30.3 Å². The molecule has 4 unspecified atom stereocenters. The third kappa shape index (κ3) is 2.40. The number of carbonyl (C=O) groups is 3. The van der Waals surface area contributed by atoms with E-state index in [0.29, 0.717) is 30.2 Å². The van der Waals surface area contributed by atoms with E-state index >= 15 is 0 Å². The van der Waals surface area contributed by atoms with Crippen molar-refractivity contribution in [2.45, 2.75) is 30.8 Å². The number of nitrogens with zero attached hydrogens (tertiary/aromatic N) is 2. The van der Waals surface area contributed by atoms with E-state index in [2.05, 4.69) is 10.2 Å². The van der Waals surface area contributed by atoms with Gasteiger partial charge < -0.3 is 5.32 Å². The number of hydrogen-bond donors (Lipinski definition) is 1. The summed E-state index contributed by atoms with van der Waals surface area (Å²) in [7, 11) is 0. The zero-order valence-corrected chi connectivity index (χ0v) is 17.6. The number of rotatable bonds is 3. The first kappa shape index (κ1) is 19.0. The minimum atomic E-state index is -1.15. The molecular formula is C24H22ClN3O3. The van der Waals surface area contributed by atoms with E-state index < -0.39 is 17.4 Å². The van der Waals surface area contributed by atoms with Gasteiger partial charge >= 0.3 is 0 Å². The molecule has 4 heterocycles. The van der Waals surface area contributed by atoms with Crippen LogP contribution in [-0.4, -0.2) is 46.7 Å². The Morgan fingerprint density at radius 3 is 2.68 bits per heavy atom. The Kier molecular flexibility index (Phi) is 4.08. The second kappa shape index (κ2) is 6.65. The molecule has 4 atom stereocenters. The van der Waals surface area contributed by atoms with Gasteiger partial charge in [0, 0.05) is 28.9 Å². The zero-order valence-electron chi connectivity index (χ0n) is 16.9. The molecule has 6 rings (SSSR count). The first-order chi connectivity index (χ1) is 15.0. The predicted octanol–water partition coefficient (Wildman–Crippen LogP) is 2.81. The number of hydrogen-bond acceptors (Lipinski definition) is 4. The fourth-order valence-corrected chi connectivity index (χ4v) is 6.51. The summed E-state index contributed by atoms with van der Waals surface area (Å²) in [5.41, 5.74) is 1.34. The number of likely N-dealkylation sites (tertiary alicyclic amines) is 1. The highest BCUT2D eigenvalue weighted by molar-refractivity contribution is 6.31. The topological polar surface area (TPSA) is 69.7 Å². The van der Waals surface area contributed by atoms with Crippen molar-refractivity contribution < 1.29 is 14.4 Å². The maximum absolute atomic E-state index is 13.7. The minimum Gasteiger partial charge on any atom is -0.324 e. The number of nitrogens with one attached hydrogen (secondary N) is 1. The lowest BCUT2D eigenvalue weighted by atomic mass is 9.75. The predicted molar refractivity (Wildman–Crippen MR) is 115 cm³/mol. The zero-order chi connectivity index (χ0) is 21.3. The summed E-state index contributed by atoms with van der Waals surface area (Å²) in [6, 6.07) is 15.1. The largest absolute Gasteiger partial charge is 0.324 e. The third-order valence-electron chi connectivity index (χ3n) is 7.51. The smallest absolute Gasteiger partial charge is 0.250 e. The van der Waals surface area contributed by atoms with Crippen molar-refractivity contribution in [3.63, 3.8) is 0 Å². The van der Waals surface area contributed by atoms with Gasteiger partial charge in [-0.15, -0.1) is 0 Å². The van der Waals surface area contributed by atoms with Crippen LogP contribution in [0.4, 0.5) is 5.69 Å². The number of amides is 3. The Balaban J connectivity index is 1.43. The Bertz CT molecular complexity index is 1120. The highest BCUT2D eigenvalue weighted by Gasteiger charge is 2.74. The summed E-state index contributed by atoms with van der Waals surface area (Å²) in [4.78, 5) is 44.3. The normalized spacial score (nSPS) is 31.3. The second-order valence-corrected chi connectivity index (χ2v) is 9.32. The molecule has 3 amide bonds. The van der Waals surface area contributed by atoms with Crippen LogP contribution in [0.1, 0.15) is 24.0 Å². The van der Waals surface area contributed by atoms with Crippen LogP contribution in [-0.2, 0) is 26.3 Å². The summed E-state index contributed by atoms with van der Waals surface area (Å²) >= 11 is 6.31. The molecule has 0 bridgehead atoms. The van der Waals surface area contributed by atoms with Gasteiger partial charge in [-0.25, -0.2) is 0 Å². The van der Waals surface area contributed by atoms with Crippen molar-refractivity contribution in [3.05, 3.63) is 64.7 Å². The average Bonchev–Trinajstić information content (AvgIpc) is 3.47. The van der Waals surface area contributed by atoms with Crippen molar-refractivity contribution in [1.82, 2.24) is 9.80 Å². The first-order valence-electron chi connectivity index (χ1n) is 10.8. The monoisotopic (exact) mass is 435 g/mol. The SMILES string of the molecule is O=C1C2C3CCCN3C3(C(=O)Nc4ccc(Cl)cc43)C2C(=O)N1CCc1ccccc1. The molecule has 7 heteroatoms. The van der Waals surface area contributed by atoms with Gasteiger partial charge in [-0.2, -0.15) is 0 Å². The molecule has 3 fully saturated rings. The van der Waals surface area contributed by atoms with E-state index in [1.54, 1.807) is 18.2 Å².